The Bertz CT molecular complexity index is 508. The van der Waals surface area contributed by atoms with E-state index < -0.39 is 10.2 Å². The van der Waals surface area contributed by atoms with Crippen molar-refractivity contribution in [2.75, 3.05) is 33.2 Å². The lowest BCUT2D eigenvalue weighted by Crippen LogP contribution is -2.47. The third kappa shape index (κ3) is 4.26. The molecule has 0 radical (unpaired) electrons. The Labute approximate surface area is 132 Å². The van der Waals surface area contributed by atoms with Gasteiger partial charge in [0.05, 0.1) is 0 Å². The second kappa shape index (κ2) is 7.69. The summed E-state index contributed by atoms with van der Waals surface area (Å²) in [4.78, 5) is 1.09. The molecule has 5 nitrogen and oxygen atoms in total. The Morgan fingerprint density at radius 1 is 1.43 bits per heavy atom. The van der Waals surface area contributed by atoms with E-state index in [2.05, 4.69) is 5.32 Å². The van der Waals surface area contributed by atoms with E-state index in [-0.39, 0.29) is 0 Å². The molecule has 0 bridgehead atoms. The third-order valence-corrected chi connectivity index (χ3v) is 6.90. The van der Waals surface area contributed by atoms with Crippen molar-refractivity contribution in [1.29, 1.82) is 0 Å². The lowest BCUT2D eigenvalue weighted by Gasteiger charge is -2.34. The Kier molecular flexibility index (Phi) is 6.19. The summed E-state index contributed by atoms with van der Waals surface area (Å²) in [7, 11) is -1.39. The number of rotatable bonds is 7. The SMILES string of the molecule is CCN(Cc1cccs1)S(=O)(=O)N1CCC(CNC)CC1. The van der Waals surface area contributed by atoms with E-state index in [1.165, 1.54) is 0 Å². The zero-order chi connectivity index (χ0) is 15.3. The van der Waals surface area contributed by atoms with E-state index >= 15 is 0 Å². The highest BCUT2D eigenvalue weighted by molar-refractivity contribution is 7.86. The highest BCUT2D eigenvalue weighted by Crippen LogP contribution is 2.22. The van der Waals surface area contributed by atoms with Crippen molar-refractivity contribution in [2.24, 2.45) is 5.92 Å². The number of nitrogens with zero attached hydrogens (tertiary/aromatic N) is 2. The molecule has 1 aliphatic heterocycles. The zero-order valence-electron chi connectivity index (χ0n) is 12.8. The van der Waals surface area contributed by atoms with Crippen LogP contribution < -0.4 is 5.32 Å². The highest BCUT2D eigenvalue weighted by Gasteiger charge is 2.32. The van der Waals surface area contributed by atoms with Gasteiger partial charge in [-0.05, 0) is 43.8 Å². The summed E-state index contributed by atoms with van der Waals surface area (Å²) in [5.41, 5.74) is 0. The minimum Gasteiger partial charge on any atom is -0.319 e. The molecule has 0 saturated carbocycles. The Morgan fingerprint density at radius 3 is 2.67 bits per heavy atom. The van der Waals surface area contributed by atoms with Crippen LogP contribution in [0.25, 0.3) is 0 Å². The highest BCUT2D eigenvalue weighted by atomic mass is 32.2. The van der Waals surface area contributed by atoms with Crippen LogP contribution in [-0.2, 0) is 16.8 Å². The Hall–Kier alpha value is -0.470. The van der Waals surface area contributed by atoms with Crippen LogP contribution in [-0.4, -0.2) is 50.3 Å². The van der Waals surface area contributed by atoms with Crippen LogP contribution in [0.2, 0.25) is 0 Å². The lowest BCUT2D eigenvalue weighted by atomic mass is 9.98. The molecule has 0 amide bonds. The number of hydrogen-bond donors (Lipinski definition) is 1. The van der Waals surface area contributed by atoms with Gasteiger partial charge in [0, 0.05) is 31.1 Å². The molecule has 0 aliphatic carbocycles. The van der Waals surface area contributed by atoms with Gasteiger partial charge in [-0.1, -0.05) is 13.0 Å². The fraction of sp³-hybridized carbons (Fsp3) is 0.714. The minimum absolute atomic E-state index is 0.479. The topological polar surface area (TPSA) is 52.7 Å². The first-order valence-corrected chi connectivity index (χ1v) is 9.77. The molecule has 1 fully saturated rings. The third-order valence-electron chi connectivity index (χ3n) is 3.98. The molecule has 0 aromatic carbocycles. The Morgan fingerprint density at radius 2 is 2.14 bits per heavy atom. The van der Waals surface area contributed by atoms with E-state index in [0.717, 1.165) is 24.3 Å². The smallest absolute Gasteiger partial charge is 0.282 e. The summed E-state index contributed by atoms with van der Waals surface area (Å²) in [5.74, 6) is 0.592. The average molecular weight is 332 g/mol. The summed E-state index contributed by atoms with van der Waals surface area (Å²) in [5, 5.41) is 5.16. The first kappa shape index (κ1) is 16.9. The van der Waals surface area contributed by atoms with Crippen LogP contribution in [0.5, 0.6) is 0 Å². The minimum atomic E-state index is -3.34. The fourth-order valence-corrected chi connectivity index (χ4v) is 5.16. The quantitative estimate of drug-likeness (QED) is 0.828. The first-order valence-electron chi connectivity index (χ1n) is 7.50. The molecule has 2 heterocycles. The van der Waals surface area contributed by atoms with Crippen molar-refractivity contribution >= 4 is 21.5 Å². The van der Waals surface area contributed by atoms with E-state index in [9.17, 15) is 8.42 Å². The summed E-state index contributed by atoms with van der Waals surface area (Å²) in [6, 6.07) is 3.95. The van der Waals surface area contributed by atoms with Crippen LogP contribution in [0.15, 0.2) is 17.5 Å². The first-order chi connectivity index (χ1) is 10.1. The summed E-state index contributed by atoms with van der Waals surface area (Å²) >= 11 is 1.60. The molecule has 1 aromatic heterocycles. The van der Waals surface area contributed by atoms with Crippen molar-refractivity contribution in [2.45, 2.75) is 26.3 Å². The molecular formula is C14H25N3O2S2. The second-order valence-electron chi connectivity index (χ2n) is 5.41. The molecule has 0 spiro atoms. The van der Waals surface area contributed by atoms with Gasteiger partial charge in [-0.3, -0.25) is 0 Å². The van der Waals surface area contributed by atoms with E-state index in [4.69, 9.17) is 0 Å². The lowest BCUT2D eigenvalue weighted by molar-refractivity contribution is 0.251. The van der Waals surface area contributed by atoms with Gasteiger partial charge < -0.3 is 5.32 Å². The van der Waals surface area contributed by atoms with E-state index in [0.29, 0.717) is 32.1 Å². The van der Waals surface area contributed by atoms with Crippen molar-refractivity contribution in [3.63, 3.8) is 0 Å². The van der Waals surface area contributed by atoms with Gasteiger partial charge in [0.2, 0.25) is 0 Å². The summed E-state index contributed by atoms with van der Waals surface area (Å²) < 4.78 is 28.7. The molecule has 1 aliphatic rings. The summed E-state index contributed by atoms with van der Waals surface area (Å²) in [6.07, 6.45) is 1.88. The molecule has 0 unspecified atom stereocenters. The van der Waals surface area contributed by atoms with Crippen LogP contribution in [0.1, 0.15) is 24.6 Å². The van der Waals surface area contributed by atoms with Crippen molar-refractivity contribution in [1.82, 2.24) is 13.9 Å². The van der Waals surface area contributed by atoms with E-state index in [1.54, 1.807) is 19.9 Å². The van der Waals surface area contributed by atoms with Crippen molar-refractivity contribution in [3.05, 3.63) is 22.4 Å². The number of piperidine rings is 1. The normalized spacial score (nSPS) is 18.4. The van der Waals surface area contributed by atoms with Gasteiger partial charge in [0.25, 0.3) is 10.2 Å². The number of thiophene rings is 1. The molecule has 1 saturated heterocycles. The predicted molar refractivity (Wildman–Crippen MR) is 87.5 cm³/mol. The van der Waals surface area contributed by atoms with Gasteiger partial charge in [0.1, 0.15) is 0 Å². The van der Waals surface area contributed by atoms with Crippen LogP contribution in [0.4, 0.5) is 0 Å². The van der Waals surface area contributed by atoms with Gasteiger partial charge in [0.15, 0.2) is 0 Å². The number of nitrogens with one attached hydrogen (secondary N) is 1. The van der Waals surface area contributed by atoms with Crippen LogP contribution in [0, 0.1) is 5.92 Å². The number of hydrogen-bond acceptors (Lipinski definition) is 4. The zero-order valence-corrected chi connectivity index (χ0v) is 14.4. The fourth-order valence-electron chi connectivity index (χ4n) is 2.73. The van der Waals surface area contributed by atoms with Crippen molar-refractivity contribution < 1.29 is 8.42 Å². The maximum atomic E-state index is 12.7. The van der Waals surface area contributed by atoms with Crippen LogP contribution >= 0.6 is 11.3 Å². The maximum Gasteiger partial charge on any atom is 0.282 e. The maximum absolute atomic E-state index is 12.7. The molecular weight excluding hydrogens is 306 g/mol. The standard InChI is InChI=1S/C14H25N3O2S2/c1-3-16(12-14-5-4-10-20-14)21(18,19)17-8-6-13(7-9-17)11-15-2/h4-5,10,13,15H,3,6-9,11-12H2,1-2H3. The Balaban J connectivity index is 1.99. The monoisotopic (exact) mass is 331 g/mol. The molecule has 120 valence electrons. The molecule has 2 rings (SSSR count). The molecule has 21 heavy (non-hydrogen) atoms. The van der Waals surface area contributed by atoms with Gasteiger partial charge >= 0.3 is 0 Å². The van der Waals surface area contributed by atoms with Gasteiger partial charge in [-0.15, -0.1) is 11.3 Å². The summed E-state index contributed by atoms with van der Waals surface area (Å²) in [6.45, 7) is 5.13. The molecule has 1 N–H and O–H groups in total. The molecule has 0 atom stereocenters. The molecule has 1 aromatic rings. The van der Waals surface area contributed by atoms with Gasteiger partial charge in [-0.25, -0.2) is 0 Å². The van der Waals surface area contributed by atoms with Crippen LogP contribution in [0.3, 0.4) is 0 Å². The average Bonchev–Trinajstić information content (AvgIpc) is 2.98. The molecule has 7 heteroatoms. The van der Waals surface area contributed by atoms with Gasteiger partial charge in [-0.2, -0.15) is 17.0 Å². The largest absolute Gasteiger partial charge is 0.319 e. The predicted octanol–water partition coefficient (Wildman–Crippen LogP) is 1.75. The second-order valence-corrected chi connectivity index (χ2v) is 8.37. The van der Waals surface area contributed by atoms with E-state index in [1.807, 2.05) is 31.5 Å². The van der Waals surface area contributed by atoms with Crippen molar-refractivity contribution in [3.8, 4) is 0 Å².